The molecule has 3 nitrogen and oxygen atoms in total. The molecule has 0 aromatic heterocycles. The third-order valence-corrected chi connectivity index (χ3v) is 1.95. The van der Waals surface area contributed by atoms with Crippen LogP contribution in [0.15, 0.2) is 0 Å². The second-order valence-electron chi connectivity index (χ2n) is 4.04. The average molecular weight is 212 g/mol. The largest absolute Gasteiger partial charge is 0.443 e. The average Bonchev–Trinajstić information content (AvgIpc) is 1.76. The molecule has 0 bridgehead atoms. The highest BCUT2D eigenvalue weighted by atomic mass is 19.4. The molecule has 1 saturated heterocycles. The molecule has 0 saturated carbocycles. The van der Waals surface area contributed by atoms with E-state index in [9.17, 15) is 18.0 Å². The number of carbonyl (C=O) groups is 1. The first kappa shape index (κ1) is 11.5. The normalized spacial score (nSPS) is 33.1. The molecule has 0 aromatic carbocycles. The molecule has 0 spiro atoms. The van der Waals surface area contributed by atoms with Gasteiger partial charge in [-0.15, -0.1) is 0 Å². The van der Waals surface area contributed by atoms with Gasteiger partial charge in [0.2, 0.25) is 0 Å². The first-order valence-electron chi connectivity index (χ1n) is 4.07. The SMILES string of the molecule is CC1(C)CC(=O)CC(O)(C(F)(F)F)O1. The van der Waals surface area contributed by atoms with Gasteiger partial charge in [-0.3, -0.25) is 4.79 Å². The van der Waals surface area contributed by atoms with Crippen molar-refractivity contribution in [3.8, 4) is 0 Å². The Bertz CT molecular complexity index is 259. The zero-order valence-corrected chi connectivity index (χ0v) is 7.81. The topological polar surface area (TPSA) is 46.5 Å². The highest BCUT2D eigenvalue weighted by molar-refractivity contribution is 5.81. The van der Waals surface area contributed by atoms with Gasteiger partial charge in [-0.05, 0) is 13.8 Å². The van der Waals surface area contributed by atoms with Crippen LogP contribution in [0.25, 0.3) is 0 Å². The van der Waals surface area contributed by atoms with E-state index in [2.05, 4.69) is 4.74 Å². The summed E-state index contributed by atoms with van der Waals surface area (Å²) in [7, 11) is 0. The van der Waals surface area contributed by atoms with Gasteiger partial charge in [0.1, 0.15) is 5.78 Å². The molecule has 14 heavy (non-hydrogen) atoms. The highest BCUT2D eigenvalue weighted by Gasteiger charge is 2.60. The predicted molar refractivity (Wildman–Crippen MR) is 40.4 cm³/mol. The van der Waals surface area contributed by atoms with E-state index >= 15 is 0 Å². The summed E-state index contributed by atoms with van der Waals surface area (Å²) in [5.41, 5.74) is -1.28. The zero-order chi connectivity index (χ0) is 11.2. The van der Waals surface area contributed by atoms with E-state index in [0.29, 0.717) is 0 Å². The van der Waals surface area contributed by atoms with Crippen molar-refractivity contribution in [3.05, 3.63) is 0 Å². The summed E-state index contributed by atoms with van der Waals surface area (Å²) in [4.78, 5) is 11.0. The zero-order valence-electron chi connectivity index (χ0n) is 7.81. The lowest BCUT2D eigenvalue weighted by molar-refractivity contribution is -0.394. The van der Waals surface area contributed by atoms with Crippen LogP contribution in [0.5, 0.6) is 0 Å². The van der Waals surface area contributed by atoms with E-state index in [0.717, 1.165) is 0 Å². The standard InChI is InChI=1S/C8H11F3O3/c1-6(2)3-5(12)4-7(13,14-6)8(9,10)11/h13H,3-4H2,1-2H3. The molecule has 0 amide bonds. The first-order valence-corrected chi connectivity index (χ1v) is 4.07. The molecule has 0 aliphatic carbocycles. The summed E-state index contributed by atoms with van der Waals surface area (Å²) < 4.78 is 41.5. The molecule has 1 unspecified atom stereocenters. The Labute approximate surface area is 78.9 Å². The maximum atomic E-state index is 12.3. The lowest BCUT2D eigenvalue weighted by Crippen LogP contribution is -2.57. The summed E-state index contributed by atoms with van der Waals surface area (Å²) in [5, 5.41) is 9.15. The number of rotatable bonds is 0. The Kier molecular flexibility index (Phi) is 2.40. The van der Waals surface area contributed by atoms with Crippen LogP contribution in [-0.4, -0.2) is 28.5 Å². The minimum Gasteiger partial charge on any atom is -0.358 e. The van der Waals surface area contributed by atoms with Gasteiger partial charge in [-0.1, -0.05) is 0 Å². The minimum atomic E-state index is -4.94. The number of carbonyl (C=O) groups excluding carboxylic acids is 1. The molecule has 1 atom stereocenters. The monoisotopic (exact) mass is 212 g/mol. The Morgan fingerprint density at radius 1 is 1.36 bits per heavy atom. The number of ketones is 1. The van der Waals surface area contributed by atoms with Crippen molar-refractivity contribution >= 4 is 5.78 Å². The molecule has 1 rings (SSSR count). The Morgan fingerprint density at radius 3 is 2.21 bits per heavy atom. The van der Waals surface area contributed by atoms with E-state index in [1.807, 2.05) is 0 Å². The smallest absolute Gasteiger partial charge is 0.358 e. The lowest BCUT2D eigenvalue weighted by Gasteiger charge is -2.41. The van der Waals surface area contributed by atoms with E-state index in [1.54, 1.807) is 0 Å². The van der Waals surface area contributed by atoms with E-state index < -0.39 is 29.8 Å². The van der Waals surface area contributed by atoms with Gasteiger partial charge in [0.05, 0.1) is 12.0 Å². The van der Waals surface area contributed by atoms with Crippen molar-refractivity contribution in [2.24, 2.45) is 0 Å². The first-order chi connectivity index (χ1) is 6.06. The second kappa shape index (κ2) is 2.93. The Morgan fingerprint density at radius 2 is 1.86 bits per heavy atom. The summed E-state index contributed by atoms with van der Waals surface area (Å²) in [6, 6.07) is 0. The van der Waals surface area contributed by atoms with Gasteiger partial charge in [-0.2, -0.15) is 13.2 Å². The molecule has 0 radical (unpaired) electrons. The number of alkyl halides is 3. The molecule has 1 fully saturated rings. The van der Waals surface area contributed by atoms with Crippen molar-refractivity contribution in [1.29, 1.82) is 0 Å². The van der Waals surface area contributed by atoms with Crippen LogP contribution >= 0.6 is 0 Å². The fourth-order valence-electron chi connectivity index (χ4n) is 1.49. The highest BCUT2D eigenvalue weighted by Crippen LogP contribution is 2.41. The molecular weight excluding hydrogens is 201 g/mol. The number of Topliss-reactive ketones (excluding diaryl/α,β-unsaturated/α-hetero) is 1. The van der Waals surface area contributed by atoms with Gasteiger partial charge in [0, 0.05) is 6.42 Å². The summed E-state index contributed by atoms with van der Waals surface area (Å²) in [6.45, 7) is 2.67. The molecule has 0 aromatic rings. The quantitative estimate of drug-likeness (QED) is 0.660. The van der Waals surface area contributed by atoms with Gasteiger partial charge < -0.3 is 9.84 Å². The van der Waals surface area contributed by atoms with Gasteiger partial charge >= 0.3 is 6.18 Å². The number of ether oxygens (including phenoxy) is 1. The summed E-state index contributed by atoms with van der Waals surface area (Å²) in [6.07, 6.45) is -6.09. The maximum Gasteiger partial charge on any atom is 0.443 e. The van der Waals surface area contributed by atoms with E-state index in [-0.39, 0.29) is 6.42 Å². The fourth-order valence-corrected chi connectivity index (χ4v) is 1.49. The minimum absolute atomic E-state index is 0.120. The van der Waals surface area contributed by atoms with Crippen LogP contribution in [-0.2, 0) is 9.53 Å². The van der Waals surface area contributed by atoms with Crippen LogP contribution in [0, 0.1) is 0 Å². The lowest BCUT2D eigenvalue weighted by atomic mass is 9.92. The molecule has 6 heteroatoms. The second-order valence-corrected chi connectivity index (χ2v) is 4.04. The van der Waals surface area contributed by atoms with Crippen LogP contribution in [0.3, 0.4) is 0 Å². The van der Waals surface area contributed by atoms with Crippen molar-refractivity contribution < 1.29 is 27.8 Å². The van der Waals surface area contributed by atoms with Gasteiger partial charge in [0.15, 0.2) is 0 Å². The number of hydrogen-bond acceptors (Lipinski definition) is 3. The molecule has 1 heterocycles. The molecule has 82 valence electrons. The Balaban J connectivity index is 2.96. The van der Waals surface area contributed by atoms with Crippen molar-refractivity contribution in [1.82, 2.24) is 0 Å². The molecule has 1 N–H and O–H groups in total. The molecule has 1 aliphatic heterocycles. The van der Waals surface area contributed by atoms with Crippen molar-refractivity contribution in [2.45, 2.75) is 44.3 Å². The number of hydrogen-bond donors (Lipinski definition) is 1. The van der Waals surface area contributed by atoms with Crippen LogP contribution in [0.2, 0.25) is 0 Å². The maximum absolute atomic E-state index is 12.3. The Hall–Kier alpha value is -0.620. The van der Waals surface area contributed by atoms with Crippen LogP contribution in [0.1, 0.15) is 26.7 Å². The van der Waals surface area contributed by atoms with Crippen molar-refractivity contribution in [3.63, 3.8) is 0 Å². The third kappa shape index (κ3) is 2.06. The third-order valence-electron chi connectivity index (χ3n) is 1.95. The fraction of sp³-hybridized carbons (Fsp3) is 0.875. The van der Waals surface area contributed by atoms with Gasteiger partial charge in [-0.25, -0.2) is 0 Å². The molecular formula is C8H11F3O3. The van der Waals surface area contributed by atoms with Crippen molar-refractivity contribution in [2.75, 3.05) is 0 Å². The molecule has 1 aliphatic rings. The van der Waals surface area contributed by atoms with Gasteiger partial charge in [0.25, 0.3) is 5.79 Å². The van der Waals surface area contributed by atoms with Crippen LogP contribution < -0.4 is 0 Å². The van der Waals surface area contributed by atoms with E-state index in [1.165, 1.54) is 13.8 Å². The number of halogens is 3. The number of aliphatic hydroxyl groups is 1. The summed E-state index contributed by atoms with van der Waals surface area (Å²) >= 11 is 0. The van der Waals surface area contributed by atoms with E-state index in [4.69, 9.17) is 5.11 Å². The summed E-state index contributed by atoms with van der Waals surface area (Å²) in [5.74, 6) is -3.98. The predicted octanol–water partition coefficient (Wildman–Crippen LogP) is 1.40. The van der Waals surface area contributed by atoms with Crippen LogP contribution in [0.4, 0.5) is 13.2 Å².